The fraction of sp³-hybridized carbons (Fsp3) is 0.158. The predicted molar refractivity (Wildman–Crippen MR) is 89.2 cm³/mol. The zero-order valence-electron chi connectivity index (χ0n) is 13.2. The van der Waals surface area contributed by atoms with Crippen LogP contribution < -0.4 is 4.90 Å². The Bertz CT molecular complexity index is 840. The molecule has 0 bridgehead atoms. The van der Waals surface area contributed by atoms with Crippen molar-refractivity contribution in [1.82, 2.24) is 0 Å². The number of fused-ring (bicyclic) bond motifs is 1. The van der Waals surface area contributed by atoms with E-state index in [-0.39, 0.29) is 48.2 Å². The molecule has 0 aliphatic carbocycles. The molecule has 0 spiro atoms. The standard InChI is InChI=1S/C19H15N3.2Pt/c1-13-7-5-8-14(2)19(13)22-12-11-16(21-4)18-15(20-3)9-6-10-17(18)22;;/h5-12,16H,1-2H3;;. The van der Waals surface area contributed by atoms with Crippen molar-refractivity contribution < 1.29 is 42.1 Å². The zero-order valence-corrected chi connectivity index (χ0v) is 17.7. The summed E-state index contributed by atoms with van der Waals surface area (Å²) in [5.41, 5.74) is 5.74. The average Bonchev–Trinajstić information content (AvgIpc) is 2.54. The van der Waals surface area contributed by atoms with Gasteiger partial charge in [0.15, 0.2) is 5.69 Å². The molecule has 0 N–H and O–H groups in total. The fourth-order valence-corrected chi connectivity index (χ4v) is 2.98. The molecule has 1 unspecified atom stereocenters. The summed E-state index contributed by atoms with van der Waals surface area (Å²) in [4.78, 5) is 9.36. The number of hydrogen-bond donors (Lipinski definition) is 0. The van der Waals surface area contributed by atoms with Gasteiger partial charge in [0.1, 0.15) is 0 Å². The first kappa shape index (κ1) is 20.4. The number of nitrogens with zero attached hydrogens (tertiary/aromatic N) is 3. The number of benzene rings is 2. The van der Waals surface area contributed by atoms with E-state index in [1.165, 1.54) is 11.1 Å². The molecule has 2 aromatic carbocycles. The molecule has 24 heavy (non-hydrogen) atoms. The number of aryl methyl sites for hydroxylation is 2. The molecular formula is C19H15N3Pt2. The van der Waals surface area contributed by atoms with Crippen LogP contribution in [0.3, 0.4) is 0 Å². The molecule has 3 nitrogen and oxygen atoms in total. The van der Waals surface area contributed by atoms with Crippen molar-refractivity contribution in [2.24, 2.45) is 0 Å². The number of hydrogen-bond acceptors (Lipinski definition) is 1. The summed E-state index contributed by atoms with van der Waals surface area (Å²) in [6, 6.07) is 11.5. The SMILES string of the molecule is [C-]#[N+]c1cccc2c1C([N+]#[C-])C=CN2c1c(C)cccc1C.[Pt].[Pt]. The van der Waals surface area contributed by atoms with E-state index in [0.717, 1.165) is 16.9 Å². The Labute approximate surface area is 171 Å². The molecule has 3 rings (SSSR count). The van der Waals surface area contributed by atoms with Crippen LogP contribution in [0.4, 0.5) is 17.1 Å². The van der Waals surface area contributed by atoms with Crippen LogP contribution in [-0.2, 0) is 42.1 Å². The van der Waals surface area contributed by atoms with Gasteiger partial charge in [-0.05, 0) is 31.0 Å². The molecule has 1 heterocycles. The third kappa shape index (κ3) is 3.39. The normalized spacial score (nSPS) is 14.5. The van der Waals surface area contributed by atoms with Crippen molar-refractivity contribution >= 4 is 17.1 Å². The first-order valence-electron chi connectivity index (χ1n) is 7.08. The van der Waals surface area contributed by atoms with Gasteiger partial charge in [0.2, 0.25) is 0 Å². The Hall–Kier alpha value is -1.66. The van der Waals surface area contributed by atoms with Gasteiger partial charge in [0, 0.05) is 60.1 Å². The molecule has 0 radical (unpaired) electrons. The van der Waals surface area contributed by atoms with Gasteiger partial charge in [0.05, 0.1) is 17.8 Å². The average molecular weight is 676 g/mol. The molecular weight excluding hydrogens is 660 g/mol. The third-order valence-electron chi connectivity index (χ3n) is 3.97. The van der Waals surface area contributed by atoms with Crippen LogP contribution in [0.2, 0.25) is 0 Å². The van der Waals surface area contributed by atoms with E-state index >= 15 is 0 Å². The van der Waals surface area contributed by atoms with Crippen molar-refractivity contribution in [1.29, 1.82) is 0 Å². The second kappa shape index (κ2) is 8.44. The Kier molecular flexibility index (Phi) is 7.17. The Morgan fingerprint density at radius 3 is 2.17 bits per heavy atom. The zero-order chi connectivity index (χ0) is 15.7. The molecule has 0 saturated carbocycles. The van der Waals surface area contributed by atoms with E-state index in [0.29, 0.717) is 5.69 Å². The van der Waals surface area contributed by atoms with Crippen LogP contribution in [-0.4, -0.2) is 0 Å². The van der Waals surface area contributed by atoms with Crippen LogP contribution in [0, 0.1) is 27.0 Å². The summed E-state index contributed by atoms with van der Waals surface area (Å²) >= 11 is 0. The van der Waals surface area contributed by atoms with Crippen LogP contribution in [0.5, 0.6) is 0 Å². The number of rotatable bonds is 1. The van der Waals surface area contributed by atoms with Crippen LogP contribution >= 0.6 is 0 Å². The molecule has 5 heteroatoms. The first-order chi connectivity index (χ1) is 10.7. The minimum absolute atomic E-state index is 0. The maximum atomic E-state index is 7.41. The van der Waals surface area contributed by atoms with Gasteiger partial charge in [-0.2, -0.15) is 0 Å². The van der Waals surface area contributed by atoms with E-state index in [4.69, 9.17) is 13.1 Å². The van der Waals surface area contributed by atoms with Gasteiger partial charge in [-0.15, -0.1) is 0 Å². The van der Waals surface area contributed by atoms with E-state index < -0.39 is 0 Å². The van der Waals surface area contributed by atoms with E-state index in [1.54, 1.807) is 6.07 Å². The molecule has 126 valence electrons. The van der Waals surface area contributed by atoms with Crippen molar-refractivity contribution in [3.63, 3.8) is 0 Å². The minimum atomic E-state index is -0.388. The van der Waals surface area contributed by atoms with Crippen LogP contribution in [0.25, 0.3) is 9.69 Å². The van der Waals surface area contributed by atoms with Gasteiger partial charge in [-0.25, -0.2) is 11.4 Å². The molecule has 2 aromatic rings. The van der Waals surface area contributed by atoms with Crippen molar-refractivity contribution in [2.45, 2.75) is 19.9 Å². The molecule has 0 fully saturated rings. The maximum Gasteiger partial charge on any atom is 0.261 e. The van der Waals surface area contributed by atoms with Gasteiger partial charge in [-0.3, -0.25) is 0 Å². The van der Waals surface area contributed by atoms with Gasteiger partial charge in [-0.1, -0.05) is 30.3 Å². The van der Waals surface area contributed by atoms with Gasteiger partial charge >= 0.3 is 0 Å². The molecule has 0 saturated heterocycles. The Balaban J connectivity index is 0.00000144. The largest absolute Gasteiger partial charge is 0.317 e. The molecule has 0 aromatic heterocycles. The van der Waals surface area contributed by atoms with Crippen LogP contribution in [0.1, 0.15) is 22.7 Å². The topological polar surface area (TPSA) is 12.0 Å². The Morgan fingerprint density at radius 2 is 1.58 bits per heavy atom. The molecule has 0 amide bonds. The second-order valence-corrected chi connectivity index (χ2v) is 5.35. The number of para-hydroxylation sites is 1. The summed E-state index contributed by atoms with van der Waals surface area (Å²) in [6.45, 7) is 18.9. The summed E-state index contributed by atoms with van der Waals surface area (Å²) in [6.07, 6.45) is 3.82. The second-order valence-electron chi connectivity index (χ2n) is 5.35. The third-order valence-corrected chi connectivity index (χ3v) is 3.97. The summed E-state index contributed by atoms with van der Waals surface area (Å²) in [5.74, 6) is 0. The summed E-state index contributed by atoms with van der Waals surface area (Å²) < 4.78 is 0. The van der Waals surface area contributed by atoms with E-state index in [2.05, 4.69) is 40.6 Å². The van der Waals surface area contributed by atoms with Crippen molar-refractivity contribution in [3.8, 4) is 0 Å². The summed E-state index contributed by atoms with van der Waals surface area (Å²) in [5, 5.41) is 0. The Morgan fingerprint density at radius 1 is 0.958 bits per heavy atom. The maximum absolute atomic E-state index is 7.41. The predicted octanol–water partition coefficient (Wildman–Crippen LogP) is 5.48. The molecule has 1 aliphatic heterocycles. The monoisotopic (exact) mass is 675 g/mol. The van der Waals surface area contributed by atoms with E-state index in [1.807, 2.05) is 30.5 Å². The van der Waals surface area contributed by atoms with E-state index in [9.17, 15) is 0 Å². The molecule has 1 aliphatic rings. The minimum Gasteiger partial charge on any atom is -0.317 e. The number of anilines is 2. The fourth-order valence-electron chi connectivity index (χ4n) is 2.98. The smallest absolute Gasteiger partial charge is 0.261 e. The van der Waals surface area contributed by atoms with Crippen LogP contribution in [0.15, 0.2) is 48.7 Å². The van der Waals surface area contributed by atoms with Crippen molar-refractivity contribution in [3.05, 3.63) is 88.2 Å². The molecule has 1 atom stereocenters. The first-order valence-corrected chi connectivity index (χ1v) is 7.08. The van der Waals surface area contributed by atoms with Crippen molar-refractivity contribution in [2.75, 3.05) is 4.90 Å². The van der Waals surface area contributed by atoms with Gasteiger partial charge < -0.3 is 9.74 Å². The van der Waals surface area contributed by atoms with Gasteiger partial charge in [0.25, 0.3) is 6.04 Å². The summed E-state index contributed by atoms with van der Waals surface area (Å²) in [7, 11) is 0. The quantitative estimate of drug-likeness (QED) is 0.366.